The van der Waals surface area contributed by atoms with E-state index in [1.54, 1.807) is 18.2 Å². The molecule has 16 heavy (non-hydrogen) atoms. The Morgan fingerprint density at radius 1 is 1.56 bits per heavy atom. The average Bonchev–Trinajstić information content (AvgIpc) is 2.59. The topological polar surface area (TPSA) is 82.5 Å². The quantitative estimate of drug-likeness (QED) is 0.632. The molecule has 1 aliphatic heterocycles. The van der Waals surface area contributed by atoms with E-state index in [0.717, 1.165) is 11.8 Å². The second kappa shape index (κ2) is 4.40. The van der Waals surface area contributed by atoms with Gasteiger partial charge in [-0.25, -0.2) is 0 Å². The molecule has 1 aromatic heterocycles. The van der Waals surface area contributed by atoms with Crippen molar-refractivity contribution in [1.29, 1.82) is 0 Å². The zero-order chi connectivity index (χ0) is 11.6. The van der Waals surface area contributed by atoms with Crippen molar-refractivity contribution >= 4 is 17.7 Å². The maximum Gasteiger partial charge on any atom is 0.270 e. The number of pyridine rings is 1. The van der Waals surface area contributed by atoms with Gasteiger partial charge in [0, 0.05) is 11.9 Å². The highest BCUT2D eigenvalue weighted by Crippen LogP contribution is 2.33. The maximum atomic E-state index is 11.7. The standard InChI is InChI=1S/C10H12N2O3S/c13-9(7-3-1-2-5-11-7)12-8-4-6-16-10(8,14)15/h1-3,5,8,14-15H,4,6H2,(H,12,13). The summed E-state index contributed by atoms with van der Waals surface area (Å²) in [6, 6.07) is 4.35. The van der Waals surface area contributed by atoms with Gasteiger partial charge in [-0.05, 0) is 18.6 Å². The maximum absolute atomic E-state index is 11.7. The van der Waals surface area contributed by atoms with Gasteiger partial charge in [-0.1, -0.05) is 17.8 Å². The van der Waals surface area contributed by atoms with E-state index in [1.807, 2.05) is 0 Å². The summed E-state index contributed by atoms with van der Waals surface area (Å²) in [4.78, 5) is 15.6. The number of carbonyl (C=O) groups is 1. The van der Waals surface area contributed by atoms with E-state index in [1.165, 1.54) is 6.20 Å². The molecule has 1 aliphatic rings. The normalized spacial score (nSPS) is 23.0. The van der Waals surface area contributed by atoms with Crippen LogP contribution in [0.4, 0.5) is 0 Å². The van der Waals surface area contributed by atoms with Gasteiger partial charge >= 0.3 is 0 Å². The van der Waals surface area contributed by atoms with Crippen LogP contribution in [0.25, 0.3) is 0 Å². The fourth-order valence-corrected chi connectivity index (χ4v) is 2.54. The van der Waals surface area contributed by atoms with Gasteiger partial charge in [0.25, 0.3) is 5.91 Å². The van der Waals surface area contributed by atoms with Crippen LogP contribution in [0.2, 0.25) is 0 Å². The molecule has 1 saturated heterocycles. The van der Waals surface area contributed by atoms with Crippen molar-refractivity contribution in [3.63, 3.8) is 0 Å². The van der Waals surface area contributed by atoms with Crippen molar-refractivity contribution in [3.05, 3.63) is 30.1 Å². The predicted octanol–water partition coefficient (Wildman–Crippen LogP) is -0.0447. The third-order valence-corrected chi connectivity index (χ3v) is 3.53. The SMILES string of the molecule is O=C(NC1CCSC1(O)O)c1ccccn1. The number of nitrogens with one attached hydrogen (secondary N) is 1. The number of hydrogen-bond acceptors (Lipinski definition) is 5. The third kappa shape index (κ3) is 2.34. The molecule has 2 rings (SSSR count). The summed E-state index contributed by atoms with van der Waals surface area (Å²) >= 11 is 1.02. The van der Waals surface area contributed by atoms with Gasteiger partial charge in [-0.15, -0.1) is 0 Å². The average molecular weight is 240 g/mol. The number of hydrogen-bond donors (Lipinski definition) is 3. The minimum atomic E-state index is -1.87. The highest BCUT2D eigenvalue weighted by Gasteiger charge is 2.41. The van der Waals surface area contributed by atoms with Crippen LogP contribution in [-0.4, -0.2) is 38.0 Å². The number of aliphatic hydroxyl groups is 2. The molecule has 3 N–H and O–H groups in total. The Labute approximate surface area is 96.9 Å². The van der Waals surface area contributed by atoms with Crippen molar-refractivity contribution in [2.45, 2.75) is 17.6 Å². The molecule has 0 bridgehead atoms. The minimum absolute atomic E-state index is 0.273. The molecule has 1 amide bonds. The minimum Gasteiger partial charge on any atom is -0.356 e. The molecule has 86 valence electrons. The molecule has 0 saturated carbocycles. The molecule has 0 aromatic carbocycles. The number of aromatic nitrogens is 1. The van der Waals surface area contributed by atoms with E-state index < -0.39 is 11.2 Å². The zero-order valence-electron chi connectivity index (χ0n) is 8.46. The Kier molecular flexibility index (Phi) is 3.13. The number of rotatable bonds is 2. The van der Waals surface area contributed by atoms with E-state index in [4.69, 9.17) is 0 Å². The summed E-state index contributed by atoms with van der Waals surface area (Å²) in [7, 11) is 0. The molecule has 1 aromatic rings. The largest absolute Gasteiger partial charge is 0.356 e. The smallest absolute Gasteiger partial charge is 0.270 e. The van der Waals surface area contributed by atoms with Crippen LogP contribution in [0.3, 0.4) is 0 Å². The van der Waals surface area contributed by atoms with Crippen LogP contribution in [-0.2, 0) is 0 Å². The van der Waals surface area contributed by atoms with Gasteiger partial charge in [-0.3, -0.25) is 9.78 Å². The lowest BCUT2D eigenvalue weighted by Gasteiger charge is -2.23. The molecule has 2 heterocycles. The first kappa shape index (κ1) is 11.4. The summed E-state index contributed by atoms with van der Waals surface area (Å²) in [5.41, 5.74) is 0.273. The van der Waals surface area contributed by atoms with E-state index in [2.05, 4.69) is 10.3 Å². The highest BCUT2D eigenvalue weighted by molar-refractivity contribution is 8.00. The van der Waals surface area contributed by atoms with Gasteiger partial charge in [0.15, 0.2) is 0 Å². The summed E-state index contributed by atoms with van der Waals surface area (Å²) in [5.74, 6) is 0.223. The van der Waals surface area contributed by atoms with Crippen molar-refractivity contribution < 1.29 is 15.0 Å². The molecule has 0 spiro atoms. The zero-order valence-corrected chi connectivity index (χ0v) is 9.28. The Bertz CT molecular complexity index is 383. The summed E-state index contributed by atoms with van der Waals surface area (Å²) in [5, 5.41) is 19.8. The molecule has 0 radical (unpaired) electrons. The van der Waals surface area contributed by atoms with E-state index >= 15 is 0 Å². The number of carbonyl (C=O) groups excluding carboxylic acids is 1. The van der Waals surface area contributed by atoms with E-state index in [0.29, 0.717) is 12.2 Å². The van der Waals surface area contributed by atoms with Crippen LogP contribution >= 0.6 is 11.8 Å². The summed E-state index contributed by atoms with van der Waals surface area (Å²) in [6.07, 6.45) is 2.06. The van der Waals surface area contributed by atoms with Crippen LogP contribution in [0.5, 0.6) is 0 Å². The van der Waals surface area contributed by atoms with Crippen molar-refractivity contribution in [2.75, 3.05) is 5.75 Å². The second-order valence-electron chi connectivity index (χ2n) is 3.54. The van der Waals surface area contributed by atoms with Crippen LogP contribution in [0.15, 0.2) is 24.4 Å². The third-order valence-electron chi connectivity index (χ3n) is 2.38. The van der Waals surface area contributed by atoms with Gasteiger partial charge in [-0.2, -0.15) is 0 Å². The first-order valence-electron chi connectivity index (χ1n) is 4.90. The number of thioether (sulfide) groups is 1. The first-order chi connectivity index (χ1) is 7.59. The van der Waals surface area contributed by atoms with Crippen molar-refractivity contribution in [3.8, 4) is 0 Å². The Hall–Kier alpha value is -1.11. The summed E-state index contributed by atoms with van der Waals surface area (Å²) in [6.45, 7) is 0. The Morgan fingerprint density at radius 2 is 2.38 bits per heavy atom. The van der Waals surface area contributed by atoms with Crippen LogP contribution in [0.1, 0.15) is 16.9 Å². The molecule has 6 heteroatoms. The van der Waals surface area contributed by atoms with Gasteiger partial charge in [0.05, 0.1) is 6.04 Å². The fraction of sp³-hybridized carbons (Fsp3) is 0.400. The van der Waals surface area contributed by atoms with Crippen molar-refractivity contribution in [2.24, 2.45) is 0 Å². The first-order valence-corrected chi connectivity index (χ1v) is 5.89. The fourth-order valence-electron chi connectivity index (χ4n) is 1.51. The van der Waals surface area contributed by atoms with Gasteiger partial charge in [0.1, 0.15) is 5.69 Å². The predicted molar refractivity (Wildman–Crippen MR) is 59.7 cm³/mol. The summed E-state index contributed by atoms with van der Waals surface area (Å²) < 4.78 is 0. The van der Waals surface area contributed by atoms with Crippen LogP contribution in [0, 0.1) is 0 Å². The lowest BCUT2D eigenvalue weighted by Crippen LogP contribution is -2.47. The van der Waals surface area contributed by atoms with E-state index in [-0.39, 0.29) is 11.6 Å². The molecule has 0 aliphatic carbocycles. The number of amides is 1. The van der Waals surface area contributed by atoms with Gasteiger partial charge < -0.3 is 15.5 Å². The van der Waals surface area contributed by atoms with Crippen molar-refractivity contribution in [1.82, 2.24) is 10.3 Å². The molecule has 5 nitrogen and oxygen atoms in total. The lowest BCUT2D eigenvalue weighted by molar-refractivity contribution is -0.0943. The molecule has 1 fully saturated rings. The molecule has 1 atom stereocenters. The second-order valence-corrected chi connectivity index (χ2v) is 4.83. The van der Waals surface area contributed by atoms with Crippen LogP contribution < -0.4 is 5.32 Å². The van der Waals surface area contributed by atoms with Gasteiger partial charge in [0.2, 0.25) is 5.12 Å². The molecular formula is C10H12N2O3S. The number of nitrogens with zero attached hydrogens (tertiary/aromatic N) is 1. The lowest BCUT2D eigenvalue weighted by atomic mass is 10.2. The highest BCUT2D eigenvalue weighted by atomic mass is 32.2. The molecular weight excluding hydrogens is 228 g/mol. The molecule has 1 unspecified atom stereocenters. The Balaban J connectivity index is 2.03. The monoisotopic (exact) mass is 240 g/mol. The van der Waals surface area contributed by atoms with E-state index in [9.17, 15) is 15.0 Å². The Morgan fingerprint density at radius 3 is 2.94 bits per heavy atom.